The second-order valence-corrected chi connectivity index (χ2v) is 2.88. The van der Waals surface area contributed by atoms with Crippen molar-refractivity contribution in [1.29, 1.82) is 0 Å². The highest BCUT2D eigenvalue weighted by Crippen LogP contribution is 2.24. The predicted molar refractivity (Wildman–Crippen MR) is 45.4 cm³/mol. The van der Waals surface area contributed by atoms with Gasteiger partial charge in [0, 0.05) is 5.66 Å². The van der Waals surface area contributed by atoms with Crippen LogP contribution in [0.25, 0.3) is 0 Å². The topological polar surface area (TPSA) is 9.23 Å². The van der Waals surface area contributed by atoms with Gasteiger partial charge in [-0.15, -0.1) is 0 Å². The highest BCUT2D eigenvalue weighted by Gasteiger charge is 2.23. The molecule has 56 valence electrons. The smallest absolute Gasteiger partial charge is 0.221 e. The molecule has 1 saturated heterocycles. The normalized spacial score (nSPS) is 17.5. The highest BCUT2D eigenvalue weighted by molar-refractivity contribution is 6.66. The zero-order chi connectivity index (χ0) is 7.40. The molecule has 0 unspecified atom stereocenters. The maximum atomic E-state index is 5.33. The van der Waals surface area contributed by atoms with E-state index in [1.165, 1.54) is 25.5 Å². The average molecular weight is 138 g/mol. The van der Waals surface area contributed by atoms with Crippen molar-refractivity contribution >= 4 is 6.71 Å². The Bertz CT molecular complexity index is 116. The van der Waals surface area contributed by atoms with Crippen molar-refractivity contribution in [3.05, 3.63) is 12.2 Å². The second kappa shape index (κ2) is 3.70. The summed E-state index contributed by atoms with van der Waals surface area (Å²) in [5.74, 6) is 0. The minimum atomic E-state index is 0.667. The summed E-state index contributed by atoms with van der Waals surface area (Å²) in [5, 5.41) is 0. The Morgan fingerprint density at radius 2 is 2.10 bits per heavy atom. The van der Waals surface area contributed by atoms with E-state index in [2.05, 4.69) is 6.58 Å². The molecule has 1 fully saturated rings. The van der Waals surface area contributed by atoms with Crippen LogP contribution in [0.3, 0.4) is 0 Å². The maximum absolute atomic E-state index is 5.33. The van der Waals surface area contributed by atoms with Crippen LogP contribution in [0.2, 0.25) is 12.6 Å². The summed E-state index contributed by atoms with van der Waals surface area (Å²) < 4.78 is 5.33. The maximum Gasteiger partial charge on any atom is 0.221 e. The fraction of sp³-hybridized carbons (Fsp3) is 0.750. The van der Waals surface area contributed by atoms with E-state index < -0.39 is 0 Å². The van der Waals surface area contributed by atoms with Crippen molar-refractivity contribution in [1.82, 2.24) is 0 Å². The Kier molecular flexibility index (Phi) is 2.85. The number of ether oxygens (including phenoxy) is 1. The summed E-state index contributed by atoms with van der Waals surface area (Å²) in [7, 11) is 0. The molecule has 0 amide bonds. The van der Waals surface area contributed by atoms with Gasteiger partial charge < -0.3 is 4.74 Å². The monoisotopic (exact) mass is 138 g/mol. The molecule has 2 heteroatoms. The van der Waals surface area contributed by atoms with Crippen molar-refractivity contribution < 1.29 is 4.74 Å². The van der Waals surface area contributed by atoms with E-state index in [0.717, 1.165) is 12.3 Å². The van der Waals surface area contributed by atoms with Crippen LogP contribution in [-0.2, 0) is 4.74 Å². The van der Waals surface area contributed by atoms with Crippen LogP contribution >= 0.6 is 0 Å². The van der Waals surface area contributed by atoms with E-state index in [1.54, 1.807) is 0 Å². The zero-order valence-electron chi connectivity index (χ0n) is 6.73. The van der Waals surface area contributed by atoms with Gasteiger partial charge in [-0.25, -0.2) is 0 Å². The molecule has 0 aliphatic carbocycles. The largest absolute Gasteiger partial charge is 0.509 e. The molecule has 1 aliphatic rings. The van der Waals surface area contributed by atoms with Crippen molar-refractivity contribution in [3.63, 3.8) is 0 Å². The van der Waals surface area contributed by atoms with Crippen molar-refractivity contribution in [3.8, 4) is 0 Å². The molecule has 0 spiro atoms. The molecule has 1 aliphatic heterocycles. The molecule has 0 aromatic heterocycles. The van der Waals surface area contributed by atoms with Crippen LogP contribution in [0.15, 0.2) is 12.2 Å². The van der Waals surface area contributed by atoms with Crippen LogP contribution in [0, 0.1) is 0 Å². The van der Waals surface area contributed by atoms with Gasteiger partial charge in [-0.1, -0.05) is 32.1 Å². The lowest BCUT2D eigenvalue weighted by molar-refractivity contribution is 0.253. The first-order chi connectivity index (χ1) is 4.84. The Balaban J connectivity index is 2.25. The zero-order valence-corrected chi connectivity index (χ0v) is 6.73. The van der Waals surface area contributed by atoms with Gasteiger partial charge in [0.05, 0.1) is 6.61 Å². The van der Waals surface area contributed by atoms with Crippen LogP contribution in [0.5, 0.6) is 0 Å². The molecule has 0 bridgehead atoms. The van der Waals surface area contributed by atoms with Gasteiger partial charge in [-0.2, -0.15) is 0 Å². The van der Waals surface area contributed by atoms with Crippen molar-refractivity contribution in [2.24, 2.45) is 0 Å². The average Bonchev–Trinajstić information content (AvgIpc) is 2.38. The summed E-state index contributed by atoms with van der Waals surface area (Å²) in [5.41, 5.74) is 1.01. The molecule has 10 heavy (non-hydrogen) atoms. The first kappa shape index (κ1) is 7.71. The first-order valence-corrected chi connectivity index (χ1v) is 4.16. The summed E-state index contributed by atoms with van der Waals surface area (Å²) >= 11 is 0. The molecule has 1 heterocycles. The molecule has 0 atom stereocenters. The lowest BCUT2D eigenvalue weighted by atomic mass is 9.47. The van der Waals surface area contributed by atoms with E-state index in [-0.39, 0.29) is 0 Å². The first-order valence-electron chi connectivity index (χ1n) is 4.16. The van der Waals surface area contributed by atoms with Gasteiger partial charge in [0.1, 0.15) is 0 Å². The molecule has 0 aromatic carbocycles. The third-order valence-corrected chi connectivity index (χ3v) is 2.14. The lowest BCUT2D eigenvalue weighted by Gasteiger charge is -2.09. The number of rotatable bonds is 3. The van der Waals surface area contributed by atoms with E-state index in [0.29, 0.717) is 6.71 Å². The van der Waals surface area contributed by atoms with E-state index in [4.69, 9.17) is 4.74 Å². The number of hydrogen-bond acceptors (Lipinski definition) is 1. The van der Waals surface area contributed by atoms with Gasteiger partial charge in [0.25, 0.3) is 0 Å². The Morgan fingerprint density at radius 3 is 2.60 bits per heavy atom. The highest BCUT2D eigenvalue weighted by atomic mass is 16.5. The molecule has 0 N–H and O–H groups in total. The molecule has 0 radical (unpaired) electrons. The third-order valence-electron chi connectivity index (χ3n) is 2.14. The summed E-state index contributed by atoms with van der Waals surface area (Å²) in [4.78, 5) is 0. The molecule has 1 rings (SSSR count). The molecule has 0 saturated carbocycles. The fourth-order valence-electron chi connectivity index (χ4n) is 1.55. The van der Waals surface area contributed by atoms with Crippen LogP contribution in [0.1, 0.15) is 19.8 Å². The molecular formula is C8H15BO. The number of hydrogen-bond donors (Lipinski definition) is 0. The van der Waals surface area contributed by atoms with Gasteiger partial charge in [-0.3, -0.25) is 0 Å². The second-order valence-electron chi connectivity index (χ2n) is 2.88. The minimum Gasteiger partial charge on any atom is -0.509 e. The Hall–Kier alpha value is -0.395. The fourth-order valence-corrected chi connectivity index (χ4v) is 1.55. The summed E-state index contributed by atoms with van der Waals surface area (Å²) in [6.45, 7) is 7.36. The van der Waals surface area contributed by atoms with Crippen LogP contribution in [0.4, 0.5) is 0 Å². The van der Waals surface area contributed by atoms with Crippen LogP contribution in [-0.4, -0.2) is 13.3 Å². The lowest BCUT2D eigenvalue weighted by Crippen LogP contribution is -2.12. The van der Waals surface area contributed by atoms with E-state index >= 15 is 0 Å². The van der Waals surface area contributed by atoms with Gasteiger partial charge in [0.2, 0.25) is 6.71 Å². The quantitative estimate of drug-likeness (QED) is 0.429. The molecule has 0 aromatic rings. The summed E-state index contributed by atoms with van der Waals surface area (Å²) in [6.07, 6.45) is 5.30. The summed E-state index contributed by atoms with van der Waals surface area (Å²) in [6, 6.07) is 0. The third kappa shape index (κ3) is 1.79. The van der Waals surface area contributed by atoms with E-state index in [1.807, 2.05) is 6.92 Å². The van der Waals surface area contributed by atoms with Crippen LogP contribution < -0.4 is 0 Å². The Labute approximate surface area is 63.5 Å². The van der Waals surface area contributed by atoms with Gasteiger partial charge in [0.15, 0.2) is 0 Å². The van der Waals surface area contributed by atoms with Gasteiger partial charge in [-0.05, 0) is 6.92 Å². The molecule has 1 nitrogen and oxygen atoms in total. The van der Waals surface area contributed by atoms with E-state index in [9.17, 15) is 0 Å². The molecular weight excluding hydrogens is 123 g/mol. The van der Waals surface area contributed by atoms with Crippen molar-refractivity contribution in [2.75, 3.05) is 6.61 Å². The standard InChI is InChI=1S/C8H15BO/c1-3-10-8(2)9-6-4-5-7-9/h2-7H2,1H3. The predicted octanol–water partition coefficient (Wildman–Crippen LogP) is 2.36. The van der Waals surface area contributed by atoms with Gasteiger partial charge >= 0.3 is 0 Å². The SMILES string of the molecule is C=C(OCC)B1CCCC1. The Morgan fingerprint density at radius 1 is 1.50 bits per heavy atom. The van der Waals surface area contributed by atoms with Crippen molar-refractivity contribution in [2.45, 2.75) is 32.4 Å². The minimum absolute atomic E-state index is 0.667.